The minimum absolute atomic E-state index is 0.132. The predicted octanol–water partition coefficient (Wildman–Crippen LogP) is 4.21. The highest BCUT2D eigenvalue weighted by Gasteiger charge is 2.35. The van der Waals surface area contributed by atoms with Gasteiger partial charge in [-0.1, -0.05) is 57.6 Å². The van der Waals surface area contributed by atoms with E-state index in [-0.39, 0.29) is 11.8 Å². The van der Waals surface area contributed by atoms with Crippen LogP contribution in [0.1, 0.15) is 23.2 Å². The van der Waals surface area contributed by atoms with Gasteiger partial charge in [0, 0.05) is 22.1 Å². The summed E-state index contributed by atoms with van der Waals surface area (Å²) in [6.07, 6.45) is 1.43. The molecular formula is C20H17BrN4O2S. The van der Waals surface area contributed by atoms with Crippen molar-refractivity contribution >= 4 is 44.2 Å². The second-order valence-electron chi connectivity index (χ2n) is 6.43. The summed E-state index contributed by atoms with van der Waals surface area (Å²) in [5, 5.41) is 12.2. The average Bonchev–Trinajstić information content (AvgIpc) is 3.38. The molecule has 8 heteroatoms. The lowest BCUT2D eigenvalue weighted by Crippen LogP contribution is -2.43. The lowest BCUT2D eigenvalue weighted by atomic mass is 10.1. The van der Waals surface area contributed by atoms with Gasteiger partial charge in [-0.2, -0.15) is 0 Å². The van der Waals surface area contributed by atoms with Crippen LogP contribution in [0.2, 0.25) is 0 Å². The van der Waals surface area contributed by atoms with Crippen molar-refractivity contribution in [2.24, 2.45) is 0 Å². The van der Waals surface area contributed by atoms with Gasteiger partial charge in [-0.25, -0.2) is 0 Å². The fourth-order valence-electron chi connectivity index (χ4n) is 3.20. The smallest absolute Gasteiger partial charge is 0.254 e. The Morgan fingerprint density at radius 3 is 2.57 bits per heavy atom. The van der Waals surface area contributed by atoms with Crippen LogP contribution in [0.25, 0.3) is 10.6 Å². The van der Waals surface area contributed by atoms with Gasteiger partial charge in [0.15, 0.2) is 0 Å². The molecule has 0 aliphatic carbocycles. The standard InChI is InChI=1S/C20H17BrN4O2S/c21-15-10-8-14(9-11-15)19(27)25-12-4-7-16(25)17(26)22-20-24-23-18(28-20)13-5-2-1-3-6-13/h1-3,5-6,8-11,16H,4,7,12H2,(H,22,24,26)/t16-/m1/s1. The first-order valence-corrected chi connectivity index (χ1v) is 10.5. The topological polar surface area (TPSA) is 75.2 Å². The summed E-state index contributed by atoms with van der Waals surface area (Å²) in [4.78, 5) is 27.2. The lowest BCUT2D eigenvalue weighted by molar-refractivity contribution is -0.119. The molecule has 1 fully saturated rings. The molecule has 1 atom stereocenters. The van der Waals surface area contributed by atoms with Gasteiger partial charge in [0.2, 0.25) is 11.0 Å². The second kappa shape index (κ2) is 8.20. The number of amides is 2. The Morgan fingerprint density at radius 2 is 1.82 bits per heavy atom. The molecule has 0 radical (unpaired) electrons. The second-order valence-corrected chi connectivity index (χ2v) is 8.32. The maximum Gasteiger partial charge on any atom is 0.254 e. The molecule has 1 N–H and O–H groups in total. The highest BCUT2D eigenvalue weighted by Crippen LogP contribution is 2.27. The maximum atomic E-state index is 12.8. The van der Waals surface area contributed by atoms with Crippen molar-refractivity contribution in [1.29, 1.82) is 0 Å². The fourth-order valence-corrected chi connectivity index (χ4v) is 4.22. The molecule has 1 saturated heterocycles. The minimum Gasteiger partial charge on any atom is -0.327 e. The van der Waals surface area contributed by atoms with Crippen molar-refractivity contribution in [3.05, 3.63) is 64.6 Å². The van der Waals surface area contributed by atoms with Crippen molar-refractivity contribution in [2.45, 2.75) is 18.9 Å². The molecule has 1 aliphatic heterocycles. The molecule has 6 nitrogen and oxygen atoms in total. The molecule has 0 unspecified atom stereocenters. The van der Waals surface area contributed by atoms with Gasteiger partial charge in [-0.15, -0.1) is 10.2 Å². The van der Waals surface area contributed by atoms with E-state index in [1.807, 2.05) is 42.5 Å². The molecule has 3 aromatic rings. The average molecular weight is 457 g/mol. The SMILES string of the molecule is O=C(Nc1nnc(-c2ccccc2)s1)[C@H]1CCCN1C(=O)c1ccc(Br)cc1. The number of anilines is 1. The first-order chi connectivity index (χ1) is 13.6. The van der Waals surface area contributed by atoms with E-state index in [9.17, 15) is 9.59 Å². The predicted molar refractivity (Wildman–Crippen MR) is 112 cm³/mol. The Bertz CT molecular complexity index is 991. The number of likely N-dealkylation sites (tertiary alicyclic amines) is 1. The molecule has 0 bridgehead atoms. The number of nitrogens with zero attached hydrogens (tertiary/aromatic N) is 3. The van der Waals surface area contributed by atoms with Crippen LogP contribution in [-0.4, -0.2) is 39.5 Å². The lowest BCUT2D eigenvalue weighted by Gasteiger charge is -2.23. The molecule has 0 saturated carbocycles. The zero-order valence-electron chi connectivity index (χ0n) is 14.8. The Labute approximate surface area is 174 Å². The van der Waals surface area contributed by atoms with Crippen molar-refractivity contribution in [1.82, 2.24) is 15.1 Å². The zero-order chi connectivity index (χ0) is 19.5. The van der Waals surface area contributed by atoms with E-state index in [1.165, 1.54) is 11.3 Å². The summed E-state index contributed by atoms with van der Waals surface area (Å²) in [6.45, 7) is 0.568. The van der Waals surface area contributed by atoms with E-state index in [1.54, 1.807) is 17.0 Å². The Balaban J connectivity index is 1.46. The summed E-state index contributed by atoms with van der Waals surface area (Å²) in [7, 11) is 0. The Morgan fingerprint density at radius 1 is 1.07 bits per heavy atom. The number of hydrogen-bond acceptors (Lipinski definition) is 5. The minimum atomic E-state index is -0.500. The van der Waals surface area contributed by atoms with Crippen molar-refractivity contribution in [3.8, 4) is 10.6 Å². The van der Waals surface area contributed by atoms with E-state index in [4.69, 9.17) is 0 Å². The van der Waals surface area contributed by atoms with Gasteiger partial charge in [-0.3, -0.25) is 14.9 Å². The molecule has 28 heavy (non-hydrogen) atoms. The van der Waals surface area contributed by atoms with Gasteiger partial charge in [0.25, 0.3) is 5.91 Å². The molecule has 1 aromatic heterocycles. The van der Waals surface area contributed by atoms with Gasteiger partial charge >= 0.3 is 0 Å². The number of carbonyl (C=O) groups excluding carboxylic acids is 2. The van der Waals surface area contributed by atoms with Crippen molar-refractivity contribution in [2.75, 3.05) is 11.9 Å². The quantitative estimate of drug-likeness (QED) is 0.637. The third kappa shape index (κ3) is 3.98. The highest BCUT2D eigenvalue weighted by molar-refractivity contribution is 9.10. The molecule has 2 heterocycles. The molecule has 1 aliphatic rings. The number of hydrogen-bond donors (Lipinski definition) is 1. The summed E-state index contributed by atoms with van der Waals surface area (Å²) in [5.41, 5.74) is 1.53. The first kappa shape index (κ1) is 18.8. The largest absolute Gasteiger partial charge is 0.327 e. The summed E-state index contributed by atoms with van der Waals surface area (Å²) >= 11 is 4.69. The van der Waals surface area contributed by atoms with E-state index in [0.29, 0.717) is 23.7 Å². The molecular weight excluding hydrogens is 440 g/mol. The van der Waals surface area contributed by atoms with Crippen LogP contribution in [0.15, 0.2) is 59.1 Å². The molecule has 2 amide bonds. The highest BCUT2D eigenvalue weighted by atomic mass is 79.9. The third-order valence-corrected chi connectivity index (χ3v) is 6.00. The van der Waals surface area contributed by atoms with Crippen LogP contribution in [0.3, 0.4) is 0 Å². The van der Waals surface area contributed by atoms with E-state index < -0.39 is 6.04 Å². The Hall–Kier alpha value is -2.58. The number of carbonyl (C=O) groups is 2. The van der Waals surface area contributed by atoms with Gasteiger partial charge in [0.1, 0.15) is 11.0 Å². The number of aromatic nitrogens is 2. The first-order valence-electron chi connectivity index (χ1n) is 8.88. The fraction of sp³-hybridized carbons (Fsp3) is 0.200. The number of halogens is 1. The van der Waals surface area contributed by atoms with Gasteiger partial charge in [0.05, 0.1) is 0 Å². The molecule has 142 valence electrons. The van der Waals surface area contributed by atoms with Crippen molar-refractivity contribution in [3.63, 3.8) is 0 Å². The Kier molecular flexibility index (Phi) is 5.50. The summed E-state index contributed by atoms with van der Waals surface area (Å²) in [5.74, 6) is -0.355. The molecule has 2 aromatic carbocycles. The van der Waals surface area contributed by atoms with Crippen LogP contribution in [0.4, 0.5) is 5.13 Å². The van der Waals surface area contributed by atoms with Crippen molar-refractivity contribution < 1.29 is 9.59 Å². The molecule has 4 rings (SSSR count). The van der Waals surface area contributed by atoms with Crippen LogP contribution in [0.5, 0.6) is 0 Å². The van der Waals surface area contributed by atoms with Gasteiger partial charge in [-0.05, 0) is 37.1 Å². The van der Waals surface area contributed by atoms with Crippen LogP contribution in [-0.2, 0) is 4.79 Å². The summed E-state index contributed by atoms with van der Waals surface area (Å²) in [6, 6.07) is 16.4. The van der Waals surface area contributed by atoms with E-state index in [0.717, 1.165) is 21.5 Å². The zero-order valence-corrected chi connectivity index (χ0v) is 17.2. The number of benzene rings is 2. The number of nitrogens with one attached hydrogen (secondary N) is 1. The van der Waals surface area contributed by atoms with Crippen LogP contribution >= 0.6 is 27.3 Å². The van der Waals surface area contributed by atoms with E-state index in [2.05, 4.69) is 31.4 Å². The van der Waals surface area contributed by atoms with Crippen LogP contribution in [0, 0.1) is 0 Å². The number of rotatable bonds is 4. The van der Waals surface area contributed by atoms with Gasteiger partial charge < -0.3 is 4.90 Å². The molecule has 0 spiro atoms. The van der Waals surface area contributed by atoms with Crippen LogP contribution < -0.4 is 5.32 Å². The summed E-state index contributed by atoms with van der Waals surface area (Å²) < 4.78 is 0.908. The third-order valence-electron chi connectivity index (χ3n) is 4.58. The van der Waals surface area contributed by atoms with E-state index >= 15 is 0 Å². The normalized spacial score (nSPS) is 16.2. The monoisotopic (exact) mass is 456 g/mol. The maximum absolute atomic E-state index is 12.8.